The van der Waals surface area contributed by atoms with Gasteiger partial charge in [0, 0.05) is 0 Å². The third-order valence-electron chi connectivity index (χ3n) is 5.38. The van der Waals surface area contributed by atoms with Crippen LogP contribution in [0.5, 0.6) is 11.5 Å². The van der Waals surface area contributed by atoms with Gasteiger partial charge in [-0.1, -0.05) is 83.9 Å². The van der Waals surface area contributed by atoms with Crippen molar-refractivity contribution >= 4 is 34.0 Å². The number of hydrogen-bond donors (Lipinski definition) is 0. The predicted octanol–water partition coefficient (Wildman–Crippen LogP) is 7.84. The molecule has 0 N–H and O–H groups in total. The number of hydrogen-bond acceptors (Lipinski definition) is 3. The summed E-state index contributed by atoms with van der Waals surface area (Å²) in [4.78, 5) is 0. The lowest BCUT2D eigenvalue weighted by Crippen LogP contribution is -2.01. The second-order valence-electron chi connectivity index (χ2n) is 7.73. The first-order chi connectivity index (χ1) is 16.1. The van der Waals surface area contributed by atoms with Crippen molar-refractivity contribution in [1.29, 1.82) is 5.26 Å². The molecule has 0 bridgehead atoms. The minimum Gasteiger partial charge on any atom is -0.490 e. The predicted molar refractivity (Wildman–Crippen MR) is 136 cm³/mol. The van der Waals surface area contributed by atoms with Gasteiger partial charge in [-0.15, -0.1) is 0 Å². The van der Waals surface area contributed by atoms with Crippen molar-refractivity contribution in [2.75, 3.05) is 6.61 Å². The fourth-order valence-electron chi connectivity index (χ4n) is 3.72. The second kappa shape index (κ2) is 10.3. The molecule has 0 aromatic heterocycles. The molecular weight excluding hydrogens is 430 g/mol. The lowest BCUT2D eigenvalue weighted by Gasteiger charge is -2.15. The molecule has 4 aromatic carbocycles. The highest BCUT2D eigenvalue weighted by molar-refractivity contribution is 6.32. The maximum absolute atomic E-state index is 9.70. The van der Waals surface area contributed by atoms with Crippen LogP contribution in [0.3, 0.4) is 0 Å². The summed E-state index contributed by atoms with van der Waals surface area (Å²) in [5.41, 5.74) is 4.40. The first kappa shape index (κ1) is 22.5. The van der Waals surface area contributed by atoms with Gasteiger partial charge in [-0.2, -0.15) is 5.26 Å². The molecule has 0 heterocycles. The molecule has 0 aliphatic carbocycles. The third kappa shape index (κ3) is 5.19. The topological polar surface area (TPSA) is 42.2 Å². The standard InChI is InChI=1S/C29H24ClNO2/c1-3-32-28-17-21(15-25(18-31)22-13-11-20(2)12-14-22)16-27(30)29(28)33-19-24-9-6-8-23-7-4-5-10-26(23)24/h4-17H,3,19H2,1-2H3/b25-15-. The smallest absolute Gasteiger partial charge is 0.180 e. The Hall–Kier alpha value is -3.74. The second-order valence-corrected chi connectivity index (χ2v) is 8.13. The van der Waals surface area contributed by atoms with E-state index in [4.69, 9.17) is 21.1 Å². The SMILES string of the molecule is CCOc1cc(/C=C(/C#N)c2ccc(C)cc2)cc(Cl)c1OCc1cccc2ccccc12. The number of nitrogens with zero attached hydrogens (tertiary/aromatic N) is 1. The number of aryl methyl sites for hydroxylation is 1. The molecule has 0 fully saturated rings. The zero-order valence-electron chi connectivity index (χ0n) is 18.6. The summed E-state index contributed by atoms with van der Waals surface area (Å²) in [6, 6.07) is 28.2. The summed E-state index contributed by atoms with van der Waals surface area (Å²) in [7, 11) is 0. The molecule has 4 rings (SSSR count). The average molecular weight is 454 g/mol. The van der Waals surface area contributed by atoms with Crippen molar-refractivity contribution < 1.29 is 9.47 Å². The zero-order valence-corrected chi connectivity index (χ0v) is 19.4. The van der Waals surface area contributed by atoms with E-state index in [1.807, 2.05) is 68.5 Å². The van der Waals surface area contributed by atoms with Gasteiger partial charge in [0.15, 0.2) is 11.5 Å². The van der Waals surface area contributed by atoms with Gasteiger partial charge in [0.1, 0.15) is 6.61 Å². The van der Waals surface area contributed by atoms with Gasteiger partial charge in [0.2, 0.25) is 0 Å². The van der Waals surface area contributed by atoms with E-state index in [0.717, 1.165) is 33.0 Å². The van der Waals surface area contributed by atoms with Gasteiger partial charge in [-0.25, -0.2) is 0 Å². The number of fused-ring (bicyclic) bond motifs is 1. The highest BCUT2D eigenvalue weighted by Gasteiger charge is 2.14. The first-order valence-corrected chi connectivity index (χ1v) is 11.2. The van der Waals surface area contributed by atoms with Crippen LogP contribution < -0.4 is 9.47 Å². The van der Waals surface area contributed by atoms with E-state index in [-0.39, 0.29) is 0 Å². The Morgan fingerprint density at radius 2 is 1.73 bits per heavy atom. The Morgan fingerprint density at radius 3 is 2.48 bits per heavy atom. The van der Waals surface area contributed by atoms with Crippen LogP contribution >= 0.6 is 11.6 Å². The molecule has 0 saturated heterocycles. The van der Waals surface area contributed by atoms with Gasteiger partial charge in [-0.3, -0.25) is 0 Å². The monoisotopic (exact) mass is 453 g/mol. The largest absolute Gasteiger partial charge is 0.490 e. The summed E-state index contributed by atoms with van der Waals surface area (Å²) in [5, 5.41) is 12.4. The molecule has 0 saturated carbocycles. The molecule has 0 radical (unpaired) electrons. The molecule has 164 valence electrons. The fourth-order valence-corrected chi connectivity index (χ4v) is 4.00. The Balaban J connectivity index is 1.65. The minimum absolute atomic E-state index is 0.364. The Kier molecular flexibility index (Phi) is 6.98. The van der Waals surface area contributed by atoms with E-state index in [0.29, 0.717) is 35.3 Å². The molecule has 0 aliphatic rings. The normalized spacial score (nSPS) is 11.3. The minimum atomic E-state index is 0.364. The van der Waals surface area contributed by atoms with E-state index >= 15 is 0 Å². The molecule has 4 aromatic rings. The van der Waals surface area contributed by atoms with Crippen LogP contribution in [-0.2, 0) is 6.61 Å². The number of allylic oxidation sites excluding steroid dienone is 1. The number of ether oxygens (including phenoxy) is 2. The highest BCUT2D eigenvalue weighted by Crippen LogP contribution is 2.38. The van der Waals surface area contributed by atoms with Crippen molar-refractivity contribution in [1.82, 2.24) is 0 Å². The lowest BCUT2D eigenvalue weighted by atomic mass is 10.0. The summed E-state index contributed by atoms with van der Waals surface area (Å²) in [5.74, 6) is 1.05. The van der Waals surface area contributed by atoms with Crippen LogP contribution in [0.2, 0.25) is 5.02 Å². The fraction of sp³-hybridized carbons (Fsp3) is 0.138. The molecule has 0 spiro atoms. The summed E-state index contributed by atoms with van der Waals surface area (Å²) >= 11 is 6.63. The lowest BCUT2D eigenvalue weighted by molar-refractivity contribution is 0.270. The van der Waals surface area contributed by atoms with Crippen molar-refractivity contribution in [3.63, 3.8) is 0 Å². The number of nitriles is 1. The Bertz CT molecular complexity index is 1350. The maximum atomic E-state index is 9.70. The molecule has 0 unspecified atom stereocenters. The van der Waals surface area contributed by atoms with Gasteiger partial charge in [0.25, 0.3) is 0 Å². The van der Waals surface area contributed by atoms with Gasteiger partial charge < -0.3 is 9.47 Å². The van der Waals surface area contributed by atoms with E-state index in [1.54, 1.807) is 6.07 Å². The zero-order chi connectivity index (χ0) is 23.2. The van der Waals surface area contributed by atoms with Crippen LogP contribution in [0.15, 0.2) is 78.9 Å². The van der Waals surface area contributed by atoms with E-state index < -0.39 is 0 Å². The van der Waals surface area contributed by atoms with Gasteiger partial charge >= 0.3 is 0 Å². The average Bonchev–Trinajstić information content (AvgIpc) is 2.83. The summed E-state index contributed by atoms with van der Waals surface area (Å²) < 4.78 is 12.0. The number of rotatable bonds is 7. The summed E-state index contributed by atoms with van der Waals surface area (Å²) in [6.07, 6.45) is 1.81. The Morgan fingerprint density at radius 1 is 0.970 bits per heavy atom. The molecule has 0 amide bonds. The van der Waals surface area contributed by atoms with Crippen LogP contribution in [-0.4, -0.2) is 6.61 Å². The van der Waals surface area contributed by atoms with Gasteiger partial charge in [0.05, 0.1) is 23.3 Å². The molecule has 3 nitrogen and oxygen atoms in total. The van der Waals surface area contributed by atoms with Crippen molar-refractivity contribution in [3.8, 4) is 17.6 Å². The molecule has 33 heavy (non-hydrogen) atoms. The highest BCUT2D eigenvalue weighted by atomic mass is 35.5. The Labute approximate surface area is 199 Å². The molecular formula is C29H24ClNO2. The van der Waals surface area contributed by atoms with Gasteiger partial charge in [-0.05, 0) is 59.5 Å². The van der Waals surface area contributed by atoms with Crippen LogP contribution in [0, 0.1) is 18.3 Å². The van der Waals surface area contributed by atoms with E-state index in [1.165, 1.54) is 0 Å². The summed E-state index contributed by atoms with van der Waals surface area (Å²) in [6.45, 7) is 4.77. The van der Waals surface area contributed by atoms with E-state index in [2.05, 4.69) is 30.3 Å². The quantitative estimate of drug-likeness (QED) is 0.211. The van der Waals surface area contributed by atoms with Crippen LogP contribution in [0.25, 0.3) is 22.4 Å². The van der Waals surface area contributed by atoms with Crippen LogP contribution in [0.1, 0.15) is 29.2 Å². The third-order valence-corrected chi connectivity index (χ3v) is 5.66. The molecule has 0 aliphatic heterocycles. The van der Waals surface area contributed by atoms with Crippen molar-refractivity contribution in [3.05, 3.63) is 106 Å². The van der Waals surface area contributed by atoms with Crippen molar-refractivity contribution in [2.45, 2.75) is 20.5 Å². The number of benzene rings is 4. The number of halogens is 1. The molecule has 4 heteroatoms. The first-order valence-electron chi connectivity index (χ1n) is 10.8. The maximum Gasteiger partial charge on any atom is 0.180 e. The molecule has 0 atom stereocenters. The van der Waals surface area contributed by atoms with E-state index in [9.17, 15) is 5.26 Å². The van der Waals surface area contributed by atoms with Crippen LogP contribution in [0.4, 0.5) is 0 Å². The van der Waals surface area contributed by atoms with Crippen molar-refractivity contribution in [2.24, 2.45) is 0 Å².